The maximum Gasteiger partial charge on any atom is 0.0198 e. The quantitative estimate of drug-likeness (QED) is 0.793. The lowest BCUT2D eigenvalue weighted by Gasteiger charge is -2.48. The van der Waals surface area contributed by atoms with E-state index in [1.54, 1.807) is 0 Å². The molecule has 1 saturated carbocycles. The fraction of sp³-hybridized carbons (Fsp3) is 1.00. The van der Waals surface area contributed by atoms with Crippen molar-refractivity contribution in [3.8, 4) is 0 Å². The largest absolute Gasteiger partial charge is 0.311 e. The number of hydrogen-bond acceptors (Lipinski definition) is 2. The van der Waals surface area contributed by atoms with Crippen LogP contribution in [0.3, 0.4) is 0 Å². The van der Waals surface area contributed by atoms with Crippen molar-refractivity contribution in [2.45, 2.75) is 76.9 Å². The van der Waals surface area contributed by atoms with Crippen molar-refractivity contribution in [3.63, 3.8) is 0 Å². The van der Waals surface area contributed by atoms with Crippen LogP contribution in [0.15, 0.2) is 0 Å². The van der Waals surface area contributed by atoms with Crippen LogP contribution in [0.4, 0.5) is 0 Å². The molecule has 1 saturated heterocycles. The fourth-order valence-electron chi connectivity index (χ4n) is 3.65. The maximum absolute atomic E-state index is 3.70. The van der Waals surface area contributed by atoms with Gasteiger partial charge in [-0.2, -0.15) is 0 Å². The van der Waals surface area contributed by atoms with E-state index < -0.39 is 0 Å². The third kappa shape index (κ3) is 2.43. The molecule has 2 atom stereocenters. The first-order chi connectivity index (χ1) is 7.65. The highest BCUT2D eigenvalue weighted by atomic mass is 15.3. The molecular formula is C14H28N2. The van der Waals surface area contributed by atoms with Crippen LogP contribution in [0, 0.1) is 0 Å². The summed E-state index contributed by atoms with van der Waals surface area (Å²) in [7, 11) is 0. The molecule has 1 heterocycles. The summed E-state index contributed by atoms with van der Waals surface area (Å²) in [5.74, 6) is 0. The number of nitrogens with one attached hydrogen (secondary N) is 1. The van der Waals surface area contributed by atoms with E-state index >= 15 is 0 Å². The van der Waals surface area contributed by atoms with Crippen LogP contribution >= 0.6 is 0 Å². The summed E-state index contributed by atoms with van der Waals surface area (Å²) in [6, 6.07) is 1.45. The van der Waals surface area contributed by atoms with Gasteiger partial charge in [0.2, 0.25) is 0 Å². The van der Waals surface area contributed by atoms with Crippen LogP contribution in [0.2, 0.25) is 0 Å². The monoisotopic (exact) mass is 224 g/mol. The lowest BCUT2D eigenvalue weighted by atomic mass is 9.92. The molecule has 94 valence electrons. The second-order valence-electron chi connectivity index (χ2n) is 6.10. The minimum absolute atomic E-state index is 0.507. The normalized spacial score (nSPS) is 35.4. The van der Waals surface area contributed by atoms with Gasteiger partial charge in [-0.05, 0) is 33.1 Å². The van der Waals surface area contributed by atoms with E-state index in [1.165, 1.54) is 51.6 Å². The Bertz CT molecular complexity index is 221. The van der Waals surface area contributed by atoms with Gasteiger partial charge < -0.3 is 5.32 Å². The molecule has 1 aliphatic heterocycles. The predicted molar refractivity (Wildman–Crippen MR) is 69.7 cm³/mol. The van der Waals surface area contributed by atoms with Crippen molar-refractivity contribution in [2.24, 2.45) is 0 Å². The lowest BCUT2D eigenvalue weighted by Crippen LogP contribution is -2.61. The molecule has 0 radical (unpaired) electrons. The van der Waals surface area contributed by atoms with E-state index in [1.807, 2.05) is 0 Å². The second kappa shape index (κ2) is 5.05. The van der Waals surface area contributed by atoms with Crippen LogP contribution in [-0.2, 0) is 0 Å². The minimum Gasteiger partial charge on any atom is -0.311 e. The molecule has 2 fully saturated rings. The summed E-state index contributed by atoms with van der Waals surface area (Å²) >= 11 is 0. The van der Waals surface area contributed by atoms with E-state index in [2.05, 4.69) is 31.0 Å². The Balaban J connectivity index is 2.00. The second-order valence-corrected chi connectivity index (χ2v) is 6.10. The van der Waals surface area contributed by atoms with Crippen LogP contribution in [0.5, 0.6) is 0 Å². The highest BCUT2D eigenvalue weighted by molar-refractivity contribution is 4.97. The van der Waals surface area contributed by atoms with Gasteiger partial charge in [-0.15, -0.1) is 0 Å². The minimum atomic E-state index is 0.507. The highest BCUT2D eigenvalue weighted by Gasteiger charge is 2.39. The number of rotatable bonds is 3. The van der Waals surface area contributed by atoms with E-state index in [0.29, 0.717) is 5.54 Å². The Morgan fingerprint density at radius 2 is 2.00 bits per heavy atom. The molecule has 0 aromatic rings. The molecule has 0 bridgehead atoms. The smallest absolute Gasteiger partial charge is 0.0198 e. The van der Waals surface area contributed by atoms with Crippen molar-refractivity contribution < 1.29 is 0 Å². The molecule has 2 unspecified atom stereocenters. The van der Waals surface area contributed by atoms with Gasteiger partial charge in [0.15, 0.2) is 0 Å². The molecule has 0 aromatic heterocycles. The van der Waals surface area contributed by atoms with Crippen molar-refractivity contribution in [1.82, 2.24) is 10.2 Å². The average molecular weight is 224 g/mol. The van der Waals surface area contributed by atoms with Crippen LogP contribution in [0.1, 0.15) is 59.3 Å². The zero-order valence-corrected chi connectivity index (χ0v) is 11.3. The molecule has 1 aliphatic carbocycles. The number of nitrogens with zero attached hydrogens (tertiary/aromatic N) is 1. The molecule has 0 spiro atoms. The van der Waals surface area contributed by atoms with Gasteiger partial charge in [0, 0.05) is 30.7 Å². The molecule has 16 heavy (non-hydrogen) atoms. The molecule has 0 aromatic carbocycles. The van der Waals surface area contributed by atoms with Gasteiger partial charge in [-0.25, -0.2) is 0 Å². The zero-order chi connectivity index (χ0) is 11.6. The molecular weight excluding hydrogens is 196 g/mol. The Morgan fingerprint density at radius 1 is 1.31 bits per heavy atom. The fourth-order valence-corrected chi connectivity index (χ4v) is 3.65. The summed E-state index contributed by atoms with van der Waals surface area (Å²) in [6.45, 7) is 9.62. The Kier molecular flexibility index (Phi) is 3.91. The SMILES string of the molecule is CCCC1CN(C2(C)CCCC2)C(C)CN1. The summed E-state index contributed by atoms with van der Waals surface area (Å²) in [5, 5.41) is 3.70. The van der Waals surface area contributed by atoms with E-state index in [-0.39, 0.29) is 0 Å². The molecule has 2 heteroatoms. The van der Waals surface area contributed by atoms with Gasteiger partial charge >= 0.3 is 0 Å². The van der Waals surface area contributed by atoms with Crippen LogP contribution in [0.25, 0.3) is 0 Å². The van der Waals surface area contributed by atoms with E-state index in [9.17, 15) is 0 Å². The standard InChI is InChI=1S/C14H28N2/c1-4-7-13-11-16(12(2)10-15-13)14(3)8-5-6-9-14/h12-13,15H,4-11H2,1-3H3. The van der Waals surface area contributed by atoms with E-state index in [4.69, 9.17) is 0 Å². The molecule has 2 rings (SSSR count). The molecule has 2 aliphatic rings. The van der Waals surface area contributed by atoms with E-state index in [0.717, 1.165) is 12.1 Å². The van der Waals surface area contributed by atoms with Gasteiger partial charge in [0.25, 0.3) is 0 Å². The van der Waals surface area contributed by atoms with Gasteiger partial charge in [-0.1, -0.05) is 26.2 Å². The Morgan fingerprint density at radius 3 is 2.62 bits per heavy atom. The number of piperazine rings is 1. The highest BCUT2D eigenvalue weighted by Crippen LogP contribution is 2.37. The Hall–Kier alpha value is -0.0800. The van der Waals surface area contributed by atoms with Crippen molar-refractivity contribution in [2.75, 3.05) is 13.1 Å². The van der Waals surface area contributed by atoms with Crippen molar-refractivity contribution in [1.29, 1.82) is 0 Å². The molecule has 2 nitrogen and oxygen atoms in total. The summed E-state index contributed by atoms with van der Waals surface area (Å²) in [6.07, 6.45) is 8.33. The molecule has 0 amide bonds. The van der Waals surface area contributed by atoms with Gasteiger partial charge in [0.1, 0.15) is 0 Å². The summed E-state index contributed by atoms with van der Waals surface area (Å²) in [4.78, 5) is 2.80. The van der Waals surface area contributed by atoms with Crippen molar-refractivity contribution in [3.05, 3.63) is 0 Å². The van der Waals surface area contributed by atoms with Crippen LogP contribution in [-0.4, -0.2) is 35.6 Å². The zero-order valence-electron chi connectivity index (χ0n) is 11.3. The summed E-state index contributed by atoms with van der Waals surface area (Å²) in [5.41, 5.74) is 0.507. The lowest BCUT2D eigenvalue weighted by molar-refractivity contribution is 0.0294. The maximum atomic E-state index is 3.70. The third-order valence-corrected chi connectivity index (χ3v) is 4.66. The first-order valence-electron chi connectivity index (χ1n) is 7.16. The van der Waals surface area contributed by atoms with Gasteiger partial charge in [-0.3, -0.25) is 4.90 Å². The number of hydrogen-bond donors (Lipinski definition) is 1. The average Bonchev–Trinajstić information content (AvgIpc) is 2.69. The van der Waals surface area contributed by atoms with Crippen LogP contribution < -0.4 is 5.32 Å². The first-order valence-corrected chi connectivity index (χ1v) is 7.16. The van der Waals surface area contributed by atoms with Gasteiger partial charge in [0.05, 0.1) is 0 Å². The van der Waals surface area contributed by atoms with Crippen molar-refractivity contribution >= 4 is 0 Å². The first kappa shape index (κ1) is 12.4. The topological polar surface area (TPSA) is 15.3 Å². The molecule has 1 N–H and O–H groups in total. The Labute approximate surface area is 101 Å². The predicted octanol–water partition coefficient (Wildman–Crippen LogP) is 2.78. The third-order valence-electron chi connectivity index (χ3n) is 4.66. The summed E-state index contributed by atoms with van der Waals surface area (Å²) < 4.78 is 0.